The predicted molar refractivity (Wildman–Crippen MR) is 110 cm³/mol. The largest absolute Gasteiger partial charge is 0.480 e. The SMILES string of the molecule is [B][N+](C)(C)CCN(C)[P+]([B])(C1=CC=CCC1)N(C)CC[N+]([B])(C)C. The average molecular weight is 345 g/mol. The van der Waals surface area contributed by atoms with E-state index in [9.17, 15) is 0 Å². The minimum Gasteiger partial charge on any atom is -0.400 e. The highest BCUT2D eigenvalue weighted by Crippen LogP contribution is 2.67. The third-order valence-electron chi connectivity index (χ3n) is 4.46. The van der Waals surface area contributed by atoms with Gasteiger partial charge in [0, 0.05) is 48.7 Å². The Hall–Kier alpha value is -0.0552. The molecule has 0 spiro atoms. The van der Waals surface area contributed by atoms with E-state index in [0.717, 1.165) is 39.0 Å². The van der Waals surface area contributed by atoms with E-state index in [1.165, 1.54) is 5.31 Å². The van der Waals surface area contributed by atoms with Gasteiger partial charge in [0.2, 0.25) is 0 Å². The maximum absolute atomic E-state index is 7.08. The van der Waals surface area contributed by atoms with Crippen LogP contribution in [-0.2, 0) is 0 Å². The Balaban J connectivity index is 2.98. The molecule has 24 heavy (non-hydrogen) atoms. The second-order valence-corrected chi connectivity index (χ2v) is 11.3. The summed E-state index contributed by atoms with van der Waals surface area (Å²) in [6.45, 7) is 3.43. The maximum atomic E-state index is 7.08. The summed E-state index contributed by atoms with van der Waals surface area (Å²) < 4.78 is 5.53. The second kappa shape index (κ2) is 8.55. The van der Waals surface area contributed by atoms with Crippen LogP contribution >= 0.6 is 7.44 Å². The number of quaternary nitrogens is 2. The van der Waals surface area contributed by atoms with Gasteiger partial charge in [-0.25, -0.2) is 0 Å². The van der Waals surface area contributed by atoms with Crippen molar-refractivity contribution in [3.05, 3.63) is 23.5 Å². The van der Waals surface area contributed by atoms with Gasteiger partial charge in [0.1, 0.15) is 7.44 Å². The molecule has 0 aromatic rings. The van der Waals surface area contributed by atoms with Crippen LogP contribution in [0.5, 0.6) is 0 Å². The molecular formula is C16H33B3N4P+3. The van der Waals surface area contributed by atoms with Gasteiger partial charge in [-0.2, -0.15) is 9.34 Å². The molecule has 0 aliphatic heterocycles. The van der Waals surface area contributed by atoms with Crippen LogP contribution in [0.25, 0.3) is 0 Å². The van der Waals surface area contributed by atoms with Crippen LogP contribution in [0.4, 0.5) is 0 Å². The fraction of sp³-hybridized carbons (Fsp3) is 0.750. The summed E-state index contributed by atoms with van der Waals surface area (Å²) in [5.41, 5.74) is 0. The van der Waals surface area contributed by atoms with E-state index in [4.69, 9.17) is 23.5 Å². The fourth-order valence-electron chi connectivity index (χ4n) is 2.67. The summed E-state index contributed by atoms with van der Waals surface area (Å²) in [4.78, 5) is 0. The highest BCUT2D eigenvalue weighted by molar-refractivity contribution is 7.96. The van der Waals surface area contributed by atoms with Gasteiger partial charge in [0.15, 0.2) is 0 Å². The number of hydrogen-bond acceptors (Lipinski definition) is 2. The van der Waals surface area contributed by atoms with Crippen LogP contribution in [0.15, 0.2) is 23.5 Å². The standard InChI is InChI=1S/C16H33B3N4P/c1-20(12-14-22(3,4)17)24(19,16-10-8-7-9-11-16)21(2)13-15-23(5,6)18/h7-8,10H,9,11-15H2,1-6H3/q+3. The molecule has 0 aromatic heterocycles. The molecule has 0 fully saturated rings. The van der Waals surface area contributed by atoms with Gasteiger partial charge in [0.05, 0.1) is 31.5 Å². The van der Waals surface area contributed by atoms with E-state index in [2.05, 4.69) is 41.7 Å². The Bertz CT molecular complexity index is 445. The summed E-state index contributed by atoms with van der Waals surface area (Å²) in [5, 5.41) is 1.35. The van der Waals surface area contributed by atoms with Crippen molar-refractivity contribution < 1.29 is 8.79 Å². The van der Waals surface area contributed by atoms with E-state index < -0.39 is 7.44 Å². The summed E-state index contributed by atoms with van der Waals surface area (Å²) >= 11 is 0. The molecule has 1 aliphatic rings. The zero-order valence-electron chi connectivity index (χ0n) is 16.4. The molecule has 0 N–H and O–H groups in total. The molecule has 0 atom stereocenters. The van der Waals surface area contributed by atoms with Crippen LogP contribution in [0.2, 0.25) is 0 Å². The fourth-order valence-corrected chi connectivity index (χ4v) is 5.62. The lowest BCUT2D eigenvalue weighted by atomic mass is 10.2. The van der Waals surface area contributed by atoms with Crippen LogP contribution in [0, 0.1) is 0 Å². The molecule has 0 bridgehead atoms. The molecular weight excluding hydrogens is 312 g/mol. The average Bonchev–Trinajstić information content (AvgIpc) is 2.48. The molecule has 0 saturated heterocycles. The summed E-state index contributed by atoms with van der Waals surface area (Å²) in [6.07, 6.45) is 8.62. The van der Waals surface area contributed by atoms with Gasteiger partial charge in [-0.05, 0) is 12.5 Å². The van der Waals surface area contributed by atoms with Crippen molar-refractivity contribution >= 4 is 31.0 Å². The topological polar surface area (TPSA) is 6.48 Å². The molecule has 0 aromatic carbocycles. The first-order valence-corrected chi connectivity index (χ1v) is 10.3. The van der Waals surface area contributed by atoms with Crippen LogP contribution in [-0.4, -0.2) is 110 Å². The zero-order valence-corrected chi connectivity index (χ0v) is 17.3. The Morgan fingerprint density at radius 1 is 1.00 bits per heavy atom. The predicted octanol–water partition coefficient (Wildman–Crippen LogP) is 1.33. The number of allylic oxidation sites excluding steroid dienone is 4. The van der Waals surface area contributed by atoms with Crippen LogP contribution in [0.3, 0.4) is 0 Å². The van der Waals surface area contributed by atoms with Gasteiger partial charge in [0.25, 0.3) is 0 Å². The second-order valence-electron chi connectivity index (χ2n) is 8.04. The third-order valence-corrected chi connectivity index (χ3v) is 8.16. The molecule has 4 nitrogen and oxygen atoms in total. The first-order valence-electron chi connectivity index (χ1n) is 8.56. The number of likely N-dealkylation sites (N-methyl/N-ethyl adjacent to an activating group) is 4. The molecule has 0 unspecified atom stereocenters. The van der Waals surface area contributed by atoms with E-state index in [-0.39, 0.29) is 0 Å². The van der Waals surface area contributed by atoms with Crippen LogP contribution in [0.1, 0.15) is 12.8 Å². The normalized spacial score (nSPS) is 16.8. The summed E-state index contributed by atoms with van der Waals surface area (Å²) in [5.74, 6) is 0. The van der Waals surface area contributed by atoms with Crippen molar-refractivity contribution in [2.45, 2.75) is 12.8 Å². The van der Waals surface area contributed by atoms with E-state index in [0.29, 0.717) is 8.79 Å². The van der Waals surface area contributed by atoms with Gasteiger partial charge < -0.3 is 8.79 Å². The van der Waals surface area contributed by atoms with Crippen LogP contribution < -0.4 is 0 Å². The molecule has 128 valence electrons. The first-order chi connectivity index (χ1) is 10.9. The molecule has 1 aliphatic carbocycles. The lowest BCUT2D eigenvalue weighted by molar-refractivity contribution is -0.772. The van der Waals surface area contributed by atoms with Gasteiger partial charge in [-0.1, -0.05) is 12.2 Å². The van der Waals surface area contributed by atoms with Gasteiger partial charge >= 0.3 is 23.5 Å². The monoisotopic (exact) mass is 345 g/mol. The van der Waals surface area contributed by atoms with E-state index >= 15 is 0 Å². The van der Waals surface area contributed by atoms with Crippen molar-refractivity contribution in [2.75, 3.05) is 68.5 Å². The number of rotatable bonds is 9. The van der Waals surface area contributed by atoms with E-state index in [1.54, 1.807) is 0 Å². The molecule has 0 heterocycles. The molecule has 0 saturated carbocycles. The number of nitrogens with zero attached hydrogens (tertiary/aromatic N) is 4. The minimum absolute atomic E-state index is 0.444. The first kappa shape index (κ1) is 22.0. The van der Waals surface area contributed by atoms with Crippen molar-refractivity contribution in [2.24, 2.45) is 0 Å². The lowest BCUT2D eigenvalue weighted by Gasteiger charge is -2.41. The molecule has 8 heteroatoms. The lowest BCUT2D eigenvalue weighted by Crippen LogP contribution is -2.46. The Labute approximate surface area is 154 Å². The summed E-state index contributed by atoms with van der Waals surface area (Å²) in [6, 6.07) is 0. The van der Waals surface area contributed by atoms with Gasteiger partial charge in [-0.15, -0.1) is 0 Å². The Kier molecular flexibility index (Phi) is 7.83. The Morgan fingerprint density at radius 3 is 1.79 bits per heavy atom. The molecule has 0 amide bonds. The van der Waals surface area contributed by atoms with Crippen molar-refractivity contribution in [3.63, 3.8) is 0 Å². The third kappa shape index (κ3) is 6.69. The Morgan fingerprint density at radius 2 is 1.46 bits per heavy atom. The number of hydrogen-bond donors (Lipinski definition) is 0. The minimum atomic E-state index is -2.05. The molecule has 6 radical (unpaired) electrons. The van der Waals surface area contributed by atoms with Crippen molar-refractivity contribution in [1.82, 2.24) is 9.34 Å². The highest BCUT2D eigenvalue weighted by Gasteiger charge is 2.46. The zero-order chi connectivity index (χ0) is 18.6. The quantitative estimate of drug-likeness (QED) is 0.460. The maximum Gasteiger partial charge on any atom is 0.480 e. The smallest absolute Gasteiger partial charge is 0.400 e. The van der Waals surface area contributed by atoms with Crippen molar-refractivity contribution in [1.29, 1.82) is 0 Å². The van der Waals surface area contributed by atoms with E-state index in [1.807, 2.05) is 28.2 Å². The molecule has 1 rings (SSSR count). The highest BCUT2D eigenvalue weighted by atomic mass is 31.2. The van der Waals surface area contributed by atoms with Gasteiger partial charge in [-0.3, -0.25) is 0 Å². The summed E-state index contributed by atoms with van der Waals surface area (Å²) in [7, 11) is 29.5. The van der Waals surface area contributed by atoms with Crippen molar-refractivity contribution in [3.8, 4) is 0 Å².